The zero-order valence-electron chi connectivity index (χ0n) is 11.2. The molecule has 0 aliphatic rings. The van der Waals surface area contributed by atoms with Crippen molar-refractivity contribution in [2.75, 3.05) is 11.4 Å². The number of aromatic hydroxyl groups is 1. The van der Waals surface area contributed by atoms with Gasteiger partial charge in [-0.15, -0.1) is 0 Å². The summed E-state index contributed by atoms with van der Waals surface area (Å²) in [5.41, 5.74) is 0.822. The zero-order chi connectivity index (χ0) is 15.5. The Morgan fingerprint density at radius 2 is 2.24 bits per heavy atom. The van der Waals surface area contributed by atoms with E-state index in [0.717, 1.165) is 9.87 Å². The molecule has 2 rings (SSSR count). The van der Waals surface area contributed by atoms with Crippen molar-refractivity contribution >= 4 is 22.3 Å². The predicted octanol–water partition coefficient (Wildman–Crippen LogP) is 0.0640. The lowest BCUT2D eigenvalue weighted by Gasteiger charge is -2.19. The van der Waals surface area contributed by atoms with E-state index in [4.69, 9.17) is 0 Å². The number of phenols is 1. The summed E-state index contributed by atoms with van der Waals surface area (Å²) in [6, 6.07) is 6.35. The van der Waals surface area contributed by atoms with Crippen LogP contribution in [0, 0.1) is 0 Å². The molecule has 0 saturated carbocycles. The first-order valence-corrected chi connectivity index (χ1v) is 7.37. The van der Waals surface area contributed by atoms with Crippen molar-refractivity contribution in [3.63, 3.8) is 0 Å². The fraction of sp³-hybridized carbons (Fsp3) is 0.167. The number of carbonyl (C=O) groups excluding carboxylic acids is 1. The molecule has 1 heterocycles. The molecule has 1 amide bonds. The number of carbonyl (C=O) groups is 1. The molecule has 112 valence electrons. The molecule has 2 N–H and O–H groups in total. The number of nitrogens with zero attached hydrogens (tertiary/aromatic N) is 3. The molecule has 9 heteroatoms. The summed E-state index contributed by atoms with van der Waals surface area (Å²) in [7, 11) is -2.78. The molecule has 0 spiro atoms. The molecule has 0 atom stereocenters. The third-order valence-corrected chi connectivity index (χ3v) is 4.15. The van der Waals surface area contributed by atoms with Crippen LogP contribution in [0.2, 0.25) is 0 Å². The van der Waals surface area contributed by atoms with Gasteiger partial charge in [0.2, 0.25) is 6.41 Å². The number of rotatable bonds is 6. The van der Waals surface area contributed by atoms with Gasteiger partial charge in [-0.2, -0.15) is 13.5 Å². The maximum atomic E-state index is 11.7. The van der Waals surface area contributed by atoms with Gasteiger partial charge in [0, 0.05) is 19.4 Å². The maximum Gasteiger partial charge on any atom is 0.325 e. The number of anilines is 1. The lowest BCUT2D eigenvalue weighted by atomic mass is 10.2. The SMILES string of the molecule is CN(c1ccc(Cn2cccn2)cc1O)S(=O)(=O)NC=O. The van der Waals surface area contributed by atoms with Gasteiger partial charge in [-0.3, -0.25) is 13.8 Å². The molecule has 2 aromatic rings. The number of benzene rings is 1. The van der Waals surface area contributed by atoms with Crippen LogP contribution < -0.4 is 9.03 Å². The average molecular weight is 310 g/mol. The van der Waals surface area contributed by atoms with E-state index in [-0.39, 0.29) is 17.8 Å². The first kappa shape index (κ1) is 14.9. The third kappa shape index (κ3) is 3.31. The van der Waals surface area contributed by atoms with Crippen LogP contribution in [0.5, 0.6) is 5.75 Å². The fourth-order valence-electron chi connectivity index (χ4n) is 1.78. The summed E-state index contributed by atoms with van der Waals surface area (Å²) in [5.74, 6) is -0.210. The van der Waals surface area contributed by atoms with Crippen molar-refractivity contribution in [3.05, 3.63) is 42.2 Å². The number of aromatic nitrogens is 2. The summed E-state index contributed by atoms with van der Waals surface area (Å²) < 4.78 is 27.5. The van der Waals surface area contributed by atoms with Crippen LogP contribution >= 0.6 is 0 Å². The van der Waals surface area contributed by atoms with Crippen molar-refractivity contribution in [2.45, 2.75) is 6.54 Å². The normalized spacial score (nSPS) is 11.1. The highest BCUT2D eigenvalue weighted by Crippen LogP contribution is 2.28. The van der Waals surface area contributed by atoms with Crippen molar-refractivity contribution in [3.8, 4) is 5.75 Å². The Bertz CT molecular complexity index is 728. The molecule has 0 radical (unpaired) electrons. The van der Waals surface area contributed by atoms with E-state index in [2.05, 4.69) is 5.10 Å². The van der Waals surface area contributed by atoms with Crippen molar-refractivity contribution < 1.29 is 18.3 Å². The highest BCUT2D eigenvalue weighted by atomic mass is 32.2. The van der Waals surface area contributed by atoms with Gasteiger partial charge in [0.1, 0.15) is 5.75 Å². The Labute approximate surface area is 121 Å². The van der Waals surface area contributed by atoms with E-state index in [9.17, 15) is 18.3 Å². The van der Waals surface area contributed by atoms with Gasteiger partial charge in [-0.05, 0) is 23.8 Å². The van der Waals surface area contributed by atoms with E-state index in [1.165, 1.54) is 19.2 Å². The van der Waals surface area contributed by atoms with E-state index in [0.29, 0.717) is 6.54 Å². The monoisotopic (exact) mass is 310 g/mol. The molecule has 0 bridgehead atoms. The highest BCUT2D eigenvalue weighted by Gasteiger charge is 2.20. The van der Waals surface area contributed by atoms with Crippen LogP contribution in [-0.4, -0.2) is 36.8 Å². The Morgan fingerprint density at radius 3 is 2.81 bits per heavy atom. The zero-order valence-corrected chi connectivity index (χ0v) is 12.0. The maximum absolute atomic E-state index is 11.7. The lowest BCUT2D eigenvalue weighted by Crippen LogP contribution is -2.37. The number of hydrogen-bond donors (Lipinski definition) is 2. The molecule has 0 saturated heterocycles. The Balaban J connectivity index is 2.25. The van der Waals surface area contributed by atoms with Gasteiger partial charge >= 0.3 is 10.2 Å². The Hall–Kier alpha value is -2.55. The van der Waals surface area contributed by atoms with Gasteiger partial charge in [-0.1, -0.05) is 6.07 Å². The number of hydrogen-bond acceptors (Lipinski definition) is 5. The molecule has 8 nitrogen and oxygen atoms in total. The first-order chi connectivity index (χ1) is 9.94. The predicted molar refractivity (Wildman–Crippen MR) is 76.0 cm³/mol. The summed E-state index contributed by atoms with van der Waals surface area (Å²) in [4.78, 5) is 10.3. The first-order valence-electron chi connectivity index (χ1n) is 5.93. The van der Waals surface area contributed by atoms with Crippen LogP contribution in [0.3, 0.4) is 0 Å². The minimum absolute atomic E-state index is 0.0635. The van der Waals surface area contributed by atoms with E-state index < -0.39 is 10.2 Å². The summed E-state index contributed by atoms with van der Waals surface area (Å²) in [6.07, 6.45) is 3.48. The highest BCUT2D eigenvalue weighted by molar-refractivity contribution is 7.91. The van der Waals surface area contributed by atoms with E-state index in [1.807, 2.05) is 0 Å². The molecule has 0 aliphatic heterocycles. The number of phenolic OH excluding ortho intramolecular Hbond substituents is 1. The van der Waals surface area contributed by atoms with Gasteiger partial charge in [0.25, 0.3) is 0 Å². The topological polar surface area (TPSA) is 105 Å². The minimum atomic E-state index is -4.01. The smallest absolute Gasteiger partial charge is 0.325 e. The molecule has 0 unspecified atom stereocenters. The molecule has 1 aromatic carbocycles. The molecule has 0 aliphatic carbocycles. The third-order valence-electron chi connectivity index (χ3n) is 2.84. The fourth-order valence-corrected chi connectivity index (χ4v) is 2.48. The van der Waals surface area contributed by atoms with Crippen LogP contribution in [0.1, 0.15) is 5.56 Å². The van der Waals surface area contributed by atoms with Crippen molar-refractivity contribution in [1.29, 1.82) is 0 Å². The van der Waals surface area contributed by atoms with Gasteiger partial charge < -0.3 is 5.11 Å². The second-order valence-corrected chi connectivity index (χ2v) is 5.97. The number of nitrogens with one attached hydrogen (secondary N) is 1. The molecular weight excluding hydrogens is 296 g/mol. The van der Waals surface area contributed by atoms with E-state index >= 15 is 0 Å². The summed E-state index contributed by atoms with van der Waals surface area (Å²) >= 11 is 0. The largest absolute Gasteiger partial charge is 0.506 e. The van der Waals surface area contributed by atoms with Crippen LogP contribution in [0.25, 0.3) is 0 Å². The molecule has 21 heavy (non-hydrogen) atoms. The number of amides is 1. The second-order valence-electron chi connectivity index (χ2n) is 4.23. The molecule has 1 aromatic heterocycles. The standard InChI is InChI=1S/C12H14N4O4S/c1-15(21(19,20)14-9-17)11-4-3-10(7-12(11)18)8-16-6-2-5-13-16/h2-7,9,18H,8H2,1H3,(H,14,17). The van der Waals surface area contributed by atoms with Crippen molar-refractivity contribution in [2.24, 2.45) is 0 Å². The van der Waals surface area contributed by atoms with Gasteiger partial charge in [0.05, 0.1) is 12.2 Å². The lowest BCUT2D eigenvalue weighted by molar-refractivity contribution is -0.108. The summed E-state index contributed by atoms with van der Waals surface area (Å²) in [6.45, 7) is 0.448. The van der Waals surface area contributed by atoms with Crippen LogP contribution in [0.4, 0.5) is 5.69 Å². The quantitative estimate of drug-likeness (QED) is 0.734. The van der Waals surface area contributed by atoms with Gasteiger partial charge in [0.15, 0.2) is 0 Å². The summed E-state index contributed by atoms with van der Waals surface area (Å²) in [5, 5.41) is 14.0. The second kappa shape index (κ2) is 5.83. The Kier molecular flexibility index (Phi) is 4.13. The van der Waals surface area contributed by atoms with Crippen LogP contribution in [0.15, 0.2) is 36.7 Å². The van der Waals surface area contributed by atoms with Crippen molar-refractivity contribution in [1.82, 2.24) is 14.5 Å². The average Bonchev–Trinajstić information content (AvgIpc) is 2.91. The minimum Gasteiger partial charge on any atom is -0.506 e. The molecule has 0 fully saturated rings. The van der Waals surface area contributed by atoms with Gasteiger partial charge in [-0.25, -0.2) is 4.72 Å². The molecular formula is C12H14N4O4S. The van der Waals surface area contributed by atoms with Crippen LogP contribution in [-0.2, 0) is 21.5 Å². The van der Waals surface area contributed by atoms with E-state index in [1.54, 1.807) is 33.9 Å². The Morgan fingerprint density at radius 1 is 1.48 bits per heavy atom.